The minimum atomic E-state index is -0.793. The van der Waals surface area contributed by atoms with Gasteiger partial charge in [-0.1, -0.05) is 6.92 Å². The van der Waals surface area contributed by atoms with Crippen LogP contribution in [0.25, 0.3) is 0 Å². The summed E-state index contributed by atoms with van der Waals surface area (Å²) in [6.07, 6.45) is 3.58. The molecule has 2 atom stereocenters. The van der Waals surface area contributed by atoms with Gasteiger partial charge in [-0.2, -0.15) is 0 Å². The first-order valence-electron chi connectivity index (χ1n) is 6.29. The Hall–Kier alpha value is -1.50. The normalized spacial score (nSPS) is 21.7. The number of carboxylic acids is 1. The topological polar surface area (TPSA) is 90.1 Å². The first kappa shape index (κ1) is 12.9. The minimum absolute atomic E-state index is 0.0473. The van der Waals surface area contributed by atoms with Crippen molar-refractivity contribution in [1.29, 1.82) is 0 Å². The number of aliphatic carboxylic acids is 1. The van der Waals surface area contributed by atoms with E-state index in [-0.39, 0.29) is 6.10 Å². The van der Waals surface area contributed by atoms with Crippen LogP contribution >= 0.6 is 0 Å². The van der Waals surface area contributed by atoms with Crippen LogP contribution in [-0.2, 0) is 16.1 Å². The number of carboxylic acid groups (broad SMARTS) is 1. The first-order valence-corrected chi connectivity index (χ1v) is 6.29. The molecule has 1 N–H and O–H groups in total. The zero-order chi connectivity index (χ0) is 13.0. The van der Waals surface area contributed by atoms with Gasteiger partial charge < -0.3 is 9.84 Å². The van der Waals surface area contributed by atoms with Crippen molar-refractivity contribution in [2.24, 2.45) is 5.92 Å². The van der Waals surface area contributed by atoms with Gasteiger partial charge in [-0.3, -0.25) is 4.79 Å². The summed E-state index contributed by atoms with van der Waals surface area (Å²) in [4.78, 5) is 10.8. The standard InChI is InChI=1S/C11H18N4O3/c1-8(11(16)17)5-6-15-10(12-13-14-15)9-4-2-3-7-18-9/h8-9H,2-7H2,1H3,(H,16,17). The molecular weight excluding hydrogens is 236 g/mol. The summed E-state index contributed by atoms with van der Waals surface area (Å²) in [7, 11) is 0. The van der Waals surface area contributed by atoms with E-state index < -0.39 is 11.9 Å². The van der Waals surface area contributed by atoms with E-state index >= 15 is 0 Å². The summed E-state index contributed by atoms with van der Waals surface area (Å²) in [5.74, 6) is -0.472. The van der Waals surface area contributed by atoms with Crippen molar-refractivity contribution in [1.82, 2.24) is 20.2 Å². The Morgan fingerprint density at radius 2 is 2.44 bits per heavy atom. The van der Waals surface area contributed by atoms with Gasteiger partial charge in [-0.25, -0.2) is 4.68 Å². The number of rotatable bonds is 5. The van der Waals surface area contributed by atoms with E-state index in [1.54, 1.807) is 11.6 Å². The summed E-state index contributed by atoms with van der Waals surface area (Å²) in [6, 6.07) is 0. The van der Waals surface area contributed by atoms with E-state index in [9.17, 15) is 4.79 Å². The fraction of sp³-hybridized carbons (Fsp3) is 0.818. The monoisotopic (exact) mass is 254 g/mol. The Kier molecular flexibility index (Phi) is 4.24. The average Bonchev–Trinajstić information content (AvgIpc) is 2.85. The van der Waals surface area contributed by atoms with Crippen molar-refractivity contribution in [2.45, 2.75) is 45.3 Å². The van der Waals surface area contributed by atoms with Crippen LogP contribution in [0, 0.1) is 5.92 Å². The summed E-state index contributed by atoms with van der Waals surface area (Å²) < 4.78 is 7.30. The van der Waals surface area contributed by atoms with E-state index in [1.807, 2.05) is 0 Å². The third-order valence-electron chi connectivity index (χ3n) is 3.22. The molecule has 0 amide bonds. The molecule has 1 aromatic heterocycles. The van der Waals surface area contributed by atoms with Crippen molar-refractivity contribution in [3.63, 3.8) is 0 Å². The highest BCUT2D eigenvalue weighted by Crippen LogP contribution is 2.25. The minimum Gasteiger partial charge on any atom is -0.481 e. The average molecular weight is 254 g/mol. The fourth-order valence-electron chi connectivity index (χ4n) is 1.99. The second kappa shape index (κ2) is 5.90. The molecule has 1 fully saturated rings. The van der Waals surface area contributed by atoms with Gasteiger partial charge in [0, 0.05) is 13.2 Å². The summed E-state index contributed by atoms with van der Waals surface area (Å²) in [6.45, 7) is 2.93. The highest BCUT2D eigenvalue weighted by molar-refractivity contribution is 5.69. The summed E-state index contributed by atoms with van der Waals surface area (Å²) >= 11 is 0. The van der Waals surface area contributed by atoms with Gasteiger partial charge in [0.25, 0.3) is 0 Å². The van der Waals surface area contributed by atoms with Crippen LogP contribution in [0.5, 0.6) is 0 Å². The molecule has 2 unspecified atom stereocenters. The van der Waals surface area contributed by atoms with Crippen molar-refractivity contribution < 1.29 is 14.6 Å². The number of hydrogen-bond donors (Lipinski definition) is 1. The second-order valence-electron chi connectivity index (χ2n) is 4.64. The van der Waals surface area contributed by atoms with Crippen LogP contribution in [0.3, 0.4) is 0 Å². The number of carbonyl (C=O) groups is 1. The van der Waals surface area contributed by atoms with E-state index in [0.29, 0.717) is 18.8 Å². The van der Waals surface area contributed by atoms with Gasteiger partial charge in [0.2, 0.25) is 0 Å². The number of nitrogens with zero attached hydrogens (tertiary/aromatic N) is 4. The summed E-state index contributed by atoms with van der Waals surface area (Å²) in [5, 5.41) is 20.4. The Labute approximate surface area is 105 Å². The Morgan fingerprint density at radius 3 is 3.11 bits per heavy atom. The maximum Gasteiger partial charge on any atom is 0.306 e. The third-order valence-corrected chi connectivity index (χ3v) is 3.22. The molecule has 1 aromatic rings. The number of hydrogen-bond acceptors (Lipinski definition) is 5. The fourth-order valence-corrected chi connectivity index (χ4v) is 1.99. The molecule has 0 radical (unpaired) electrons. The molecule has 2 rings (SSSR count). The lowest BCUT2D eigenvalue weighted by molar-refractivity contribution is -0.141. The van der Waals surface area contributed by atoms with Crippen LogP contribution in [0.15, 0.2) is 0 Å². The molecule has 0 spiro atoms. The Morgan fingerprint density at radius 1 is 1.61 bits per heavy atom. The van der Waals surface area contributed by atoms with Gasteiger partial charge in [0.15, 0.2) is 5.82 Å². The highest BCUT2D eigenvalue weighted by Gasteiger charge is 2.23. The van der Waals surface area contributed by atoms with Crippen LogP contribution in [-0.4, -0.2) is 37.9 Å². The second-order valence-corrected chi connectivity index (χ2v) is 4.64. The molecule has 100 valence electrons. The maximum absolute atomic E-state index is 10.8. The van der Waals surface area contributed by atoms with Gasteiger partial charge in [0.05, 0.1) is 5.92 Å². The van der Waals surface area contributed by atoms with Gasteiger partial charge in [-0.15, -0.1) is 5.10 Å². The van der Waals surface area contributed by atoms with Gasteiger partial charge >= 0.3 is 5.97 Å². The van der Waals surface area contributed by atoms with Crippen molar-refractivity contribution in [3.05, 3.63) is 5.82 Å². The van der Waals surface area contributed by atoms with E-state index in [0.717, 1.165) is 25.9 Å². The zero-order valence-electron chi connectivity index (χ0n) is 10.4. The van der Waals surface area contributed by atoms with E-state index in [1.165, 1.54) is 0 Å². The Balaban J connectivity index is 1.96. The molecule has 7 nitrogen and oxygen atoms in total. The largest absolute Gasteiger partial charge is 0.481 e. The van der Waals surface area contributed by atoms with Crippen molar-refractivity contribution in [3.8, 4) is 0 Å². The van der Waals surface area contributed by atoms with Crippen molar-refractivity contribution in [2.75, 3.05) is 6.61 Å². The number of aryl methyl sites for hydroxylation is 1. The van der Waals surface area contributed by atoms with Crippen LogP contribution in [0.2, 0.25) is 0 Å². The molecule has 7 heteroatoms. The van der Waals surface area contributed by atoms with Crippen LogP contribution < -0.4 is 0 Å². The molecule has 0 aliphatic carbocycles. The van der Waals surface area contributed by atoms with Crippen LogP contribution in [0.4, 0.5) is 0 Å². The molecular formula is C11H18N4O3. The van der Waals surface area contributed by atoms with E-state index in [4.69, 9.17) is 9.84 Å². The quantitative estimate of drug-likeness (QED) is 0.843. The van der Waals surface area contributed by atoms with Crippen molar-refractivity contribution >= 4 is 5.97 Å². The molecule has 1 aliphatic rings. The lowest BCUT2D eigenvalue weighted by Crippen LogP contribution is -2.19. The summed E-state index contributed by atoms with van der Waals surface area (Å²) in [5.41, 5.74) is 0. The molecule has 0 saturated carbocycles. The Bertz CT molecular complexity index is 401. The molecule has 0 aromatic carbocycles. The predicted molar refractivity (Wildman–Crippen MR) is 61.8 cm³/mol. The smallest absolute Gasteiger partial charge is 0.306 e. The molecule has 0 bridgehead atoms. The van der Waals surface area contributed by atoms with Gasteiger partial charge in [-0.05, 0) is 36.1 Å². The first-order chi connectivity index (χ1) is 8.68. The highest BCUT2D eigenvalue weighted by atomic mass is 16.5. The maximum atomic E-state index is 10.8. The number of tetrazole rings is 1. The molecule has 1 aliphatic heterocycles. The SMILES string of the molecule is CC(CCn1nnnc1C1CCCCO1)C(=O)O. The lowest BCUT2D eigenvalue weighted by atomic mass is 10.1. The predicted octanol–water partition coefficient (Wildman–Crippen LogP) is 1.03. The number of aromatic nitrogens is 4. The molecule has 2 heterocycles. The molecule has 18 heavy (non-hydrogen) atoms. The lowest BCUT2D eigenvalue weighted by Gasteiger charge is -2.21. The van der Waals surface area contributed by atoms with Gasteiger partial charge in [0.1, 0.15) is 6.10 Å². The zero-order valence-corrected chi connectivity index (χ0v) is 10.4. The third kappa shape index (κ3) is 3.04. The number of ether oxygens (including phenoxy) is 1. The van der Waals surface area contributed by atoms with E-state index in [2.05, 4.69) is 15.5 Å². The van der Waals surface area contributed by atoms with Crippen LogP contribution in [0.1, 0.15) is 44.5 Å². The molecule has 1 saturated heterocycles.